The zero-order chi connectivity index (χ0) is 16.0. The fourth-order valence-electron chi connectivity index (χ4n) is 2.84. The number of aromatic nitrogens is 2. The number of nitrogen functional groups attached to an aromatic ring is 1. The van der Waals surface area contributed by atoms with Gasteiger partial charge in [-0.1, -0.05) is 0 Å². The maximum absolute atomic E-state index is 12.3. The Morgan fingerprint density at radius 3 is 2.65 bits per heavy atom. The molecule has 5 nitrogen and oxygen atoms in total. The van der Waals surface area contributed by atoms with Gasteiger partial charge in [0.1, 0.15) is 5.65 Å². The average Bonchev–Trinajstić information content (AvgIpc) is 3.33. The Hall–Kier alpha value is -2.82. The number of carbonyl (C=O) groups excluding carboxylic acids is 1. The quantitative estimate of drug-likeness (QED) is 0.729. The molecule has 3 N–H and O–H groups in total. The number of carbonyl (C=O) groups is 1. The number of imidazole rings is 1. The standard InChI is InChI=1S/C18H18N4O/c1-11-17(12-2-3-12)21-16-9-8-15(10-22(11)16)20-18(23)13-4-6-14(19)7-5-13/h4-10,12H,2-3,19H2,1H3,(H,20,23). The highest BCUT2D eigenvalue weighted by atomic mass is 16.1. The van der Waals surface area contributed by atoms with Gasteiger partial charge in [0.2, 0.25) is 0 Å². The highest BCUT2D eigenvalue weighted by Gasteiger charge is 2.28. The van der Waals surface area contributed by atoms with E-state index in [1.165, 1.54) is 18.5 Å². The zero-order valence-corrected chi connectivity index (χ0v) is 12.9. The summed E-state index contributed by atoms with van der Waals surface area (Å²) in [5.41, 5.74) is 10.9. The van der Waals surface area contributed by atoms with Crippen molar-refractivity contribution >= 4 is 22.9 Å². The number of aryl methyl sites for hydroxylation is 1. The summed E-state index contributed by atoms with van der Waals surface area (Å²) < 4.78 is 2.05. The van der Waals surface area contributed by atoms with Crippen LogP contribution in [0.5, 0.6) is 0 Å². The third kappa shape index (κ3) is 2.54. The van der Waals surface area contributed by atoms with E-state index >= 15 is 0 Å². The van der Waals surface area contributed by atoms with Gasteiger partial charge in [-0.2, -0.15) is 0 Å². The van der Waals surface area contributed by atoms with E-state index in [2.05, 4.69) is 12.2 Å². The lowest BCUT2D eigenvalue weighted by Crippen LogP contribution is -2.12. The van der Waals surface area contributed by atoms with Crippen LogP contribution in [0.3, 0.4) is 0 Å². The first-order valence-corrected chi connectivity index (χ1v) is 7.77. The van der Waals surface area contributed by atoms with Crippen molar-refractivity contribution in [2.75, 3.05) is 11.1 Å². The predicted molar refractivity (Wildman–Crippen MR) is 90.7 cm³/mol. The van der Waals surface area contributed by atoms with Crippen LogP contribution in [0.15, 0.2) is 42.6 Å². The first kappa shape index (κ1) is 13.8. The molecular weight excluding hydrogens is 288 g/mol. The number of fused-ring (bicyclic) bond motifs is 1. The van der Waals surface area contributed by atoms with Gasteiger partial charge < -0.3 is 15.5 Å². The van der Waals surface area contributed by atoms with Gasteiger partial charge in [-0.3, -0.25) is 4.79 Å². The maximum Gasteiger partial charge on any atom is 0.255 e. The van der Waals surface area contributed by atoms with Crippen LogP contribution in [-0.2, 0) is 0 Å². The van der Waals surface area contributed by atoms with Crippen molar-refractivity contribution < 1.29 is 4.79 Å². The number of nitrogens with one attached hydrogen (secondary N) is 1. The van der Waals surface area contributed by atoms with Gasteiger partial charge in [0.25, 0.3) is 5.91 Å². The maximum atomic E-state index is 12.3. The minimum Gasteiger partial charge on any atom is -0.399 e. The molecule has 0 unspecified atom stereocenters. The summed E-state index contributed by atoms with van der Waals surface area (Å²) >= 11 is 0. The Labute approximate surface area is 134 Å². The molecule has 2 aromatic heterocycles. The normalized spacial score (nSPS) is 14.1. The summed E-state index contributed by atoms with van der Waals surface area (Å²) in [4.78, 5) is 17.0. The number of hydrogen-bond acceptors (Lipinski definition) is 3. The number of anilines is 2. The third-order valence-electron chi connectivity index (χ3n) is 4.29. The molecule has 1 aromatic carbocycles. The molecule has 0 atom stereocenters. The number of amides is 1. The molecule has 3 aromatic rings. The molecule has 1 aliphatic rings. The number of nitrogens with zero attached hydrogens (tertiary/aromatic N) is 2. The summed E-state index contributed by atoms with van der Waals surface area (Å²) in [5.74, 6) is 0.465. The summed E-state index contributed by atoms with van der Waals surface area (Å²) in [6, 6.07) is 10.7. The molecule has 0 radical (unpaired) electrons. The minimum absolute atomic E-state index is 0.149. The van der Waals surface area contributed by atoms with E-state index in [0.717, 1.165) is 17.0 Å². The van der Waals surface area contributed by atoms with E-state index < -0.39 is 0 Å². The zero-order valence-electron chi connectivity index (χ0n) is 12.9. The van der Waals surface area contributed by atoms with Crippen molar-refractivity contribution in [1.82, 2.24) is 9.38 Å². The molecule has 116 valence electrons. The number of pyridine rings is 1. The molecule has 4 rings (SSSR count). The van der Waals surface area contributed by atoms with Crippen LogP contribution in [-0.4, -0.2) is 15.3 Å². The Balaban J connectivity index is 1.62. The molecule has 0 spiro atoms. The highest BCUT2D eigenvalue weighted by molar-refractivity contribution is 6.04. The van der Waals surface area contributed by atoms with E-state index in [1.54, 1.807) is 24.3 Å². The Bertz CT molecular complexity index is 891. The van der Waals surface area contributed by atoms with Crippen molar-refractivity contribution in [2.45, 2.75) is 25.7 Å². The van der Waals surface area contributed by atoms with Crippen LogP contribution in [0.1, 0.15) is 40.5 Å². The molecule has 1 fully saturated rings. The predicted octanol–water partition coefficient (Wildman–Crippen LogP) is 3.35. The van der Waals surface area contributed by atoms with E-state index in [-0.39, 0.29) is 5.91 Å². The molecule has 5 heteroatoms. The summed E-state index contributed by atoms with van der Waals surface area (Å²) in [7, 11) is 0. The largest absolute Gasteiger partial charge is 0.399 e. The lowest BCUT2D eigenvalue weighted by Gasteiger charge is -2.07. The smallest absolute Gasteiger partial charge is 0.255 e. The molecule has 1 saturated carbocycles. The fourth-order valence-corrected chi connectivity index (χ4v) is 2.84. The molecule has 1 aliphatic carbocycles. The minimum atomic E-state index is -0.149. The van der Waals surface area contributed by atoms with E-state index in [0.29, 0.717) is 17.2 Å². The van der Waals surface area contributed by atoms with E-state index in [4.69, 9.17) is 10.7 Å². The number of nitrogens with two attached hydrogens (primary N) is 1. The lowest BCUT2D eigenvalue weighted by atomic mass is 10.2. The molecule has 0 saturated heterocycles. The number of hydrogen-bond donors (Lipinski definition) is 2. The molecule has 23 heavy (non-hydrogen) atoms. The van der Waals surface area contributed by atoms with Crippen LogP contribution >= 0.6 is 0 Å². The van der Waals surface area contributed by atoms with Gasteiger partial charge in [0.05, 0.1) is 11.4 Å². The first-order chi connectivity index (χ1) is 11.1. The number of benzene rings is 1. The van der Waals surface area contributed by atoms with Crippen molar-refractivity contribution in [3.05, 3.63) is 59.5 Å². The van der Waals surface area contributed by atoms with Gasteiger partial charge >= 0.3 is 0 Å². The third-order valence-corrected chi connectivity index (χ3v) is 4.29. The van der Waals surface area contributed by atoms with E-state index in [1.807, 2.05) is 22.7 Å². The van der Waals surface area contributed by atoms with Crippen LogP contribution in [0.4, 0.5) is 11.4 Å². The summed E-state index contributed by atoms with van der Waals surface area (Å²) in [6.07, 6.45) is 4.38. The molecule has 0 bridgehead atoms. The van der Waals surface area contributed by atoms with Gasteiger partial charge in [0.15, 0.2) is 0 Å². The topological polar surface area (TPSA) is 72.4 Å². The second-order valence-electron chi connectivity index (χ2n) is 6.08. The first-order valence-electron chi connectivity index (χ1n) is 7.77. The van der Waals surface area contributed by atoms with Gasteiger partial charge in [-0.25, -0.2) is 4.98 Å². The monoisotopic (exact) mass is 306 g/mol. The Kier molecular flexibility index (Phi) is 3.08. The van der Waals surface area contributed by atoms with Crippen molar-refractivity contribution in [3.63, 3.8) is 0 Å². The summed E-state index contributed by atoms with van der Waals surface area (Å²) in [6.45, 7) is 2.08. The van der Waals surface area contributed by atoms with Crippen molar-refractivity contribution in [2.24, 2.45) is 0 Å². The Morgan fingerprint density at radius 2 is 1.96 bits per heavy atom. The molecule has 1 amide bonds. The highest BCUT2D eigenvalue weighted by Crippen LogP contribution is 2.41. The van der Waals surface area contributed by atoms with Crippen LogP contribution in [0.2, 0.25) is 0 Å². The second-order valence-corrected chi connectivity index (χ2v) is 6.08. The second kappa shape index (κ2) is 5.12. The van der Waals surface area contributed by atoms with Crippen molar-refractivity contribution in [1.29, 1.82) is 0 Å². The lowest BCUT2D eigenvalue weighted by molar-refractivity contribution is 0.102. The molecule has 0 aliphatic heterocycles. The summed E-state index contributed by atoms with van der Waals surface area (Å²) in [5, 5.41) is 2.92. The fraction of sp³-hybridized carbons (Fsp3) is 0.222. The van der Waals surface area contributed by atoms with E-state index in [9.17, 15) is 4.79 Å². The molecular formula is C18H18N4O. The molecule has 2 heterocycles. The average molecular weight is 306 g/mol. The number of rotatable bonds is 3. The van der Waals surface area contributed by atoms with Gasteiger partial charge in [-0.15, -0.1) is 0 Å². The van der Waals surface area contributed by atoms with Crippen LogP contribution < -0.4 is 11.1 Å². The SMILES string of the molecule is Cc1c(C2CC2)nc2ccc(NC(=O)c3ccc(N)cc3)cn12. The van der Waals surface area contributed by atoms with Crippen molar-refractivity contribution in [3.8, 4) is 0 Å². The van der Waals surface area contributed by atoms with Crippen LogP contribution in [0, 0.1) is 6.92 Å². The van der Waals surface area contributed by atoms with Gasteiger partial charge in [0, 0.05) is 29.1 Å². The van der Waals surface area contributed by atoms with Crippen LogP contribution in [0.25, 0.3) is 5.65 Å². The van der Waals surface area contributed by atoms with Gasteiger partial charge in [-0.05, 0) is 56.2 Å². The Morgan fingerprint density at radius 1 is 1.22 bits per heavy atom.